The van der Waals surface area contributed by atoms with E-state index in [4.69, 9.17) is 10.2 Å². The average molecular weight is 170 g/mol. The molecule has 2 heteroatoms. The van der Waals surface area contributed by atoms with Gasteiger partial charge >= 0.3 is 0 Å². The first-order chi connectivity index (χ1) is 5.76. The van der Waals surface area contributed by atoms with Crippen LogP contribution in [0.15, 0.2) is 12.7 Å². The van der Waals surface area contributed by atoms with E-state index in [1.807, 2.05) is 6.08 Å². The van der Waals surface area contributed by atoms with E-state index in [2.05, 4.69) is 13.5 Å². The number of hydrogen-bond acceptors (Lipinski definition) is 2. The number of hydrogen-bond donors (Lipinski definition) is 2. The van der Waals surface area contributed by atoms with E-state index in [1.54, 1.807) is 0 Å². The van der Waals surface area contributed by atoms with Gasteiger partial charge in [-0.15, -0.1) is 6.58 Å². The van der Waals surface area contributed by atoms with Crippen LogP contribution >= 0.6 is 0 Å². The maximum Gasteiger partial charge on any atom is 0.0465 e. The molecule has 0 aliphatic heterocycles. The van der Waals surface area contributed by atoms with E-state index in [0.29, 0.717) is 23.7 Å². The normalized spacial score (nSPS) is 36.1. The summed E-state index contributed by atoms with van der Waals surface area (Å²) in [7, 11) is 0. The van der Waals surface area contributed by atoms with Crippen molar-refractivity contribution in [1.29, 1.82) is 0 Å². The molecule has 1 aliphatic rings. The molecule has 0 aromatic carbocycles. The van der Waals surface area contributed by atoms with E-state index in [-0.39, 0.29) is 13.2 Å². The lowest BCUT2D eigenvalue weighted by Gasteiger charge is -2.02. The van der Waals surface area contributed by atoms with Crippen molar-refractivity contribution in [3.8, 4) is 0 Å². The number of aliphatic hydroxyl groups is 2. The molecular formula is C10H18O2. The van der Waals surface area contributed by atoms with Gasteiger partial charge in [-0.3, -0.25) is 0 Å². The van der Waals surface area contributed by atoms with E-state index in [0.717, 1.165) is 6.42 Å². The largest absolute Gasteiger partial charge is 0.396 e. The molecule has 1 aliphatic carbocycles. The summed E-state index contributed by atoms with van der Waals surface area (Å²) in [5.41, 5.74) is 0. The second-order valence-electron chi connectivity index (χ2n) is 3.69. The molecule has 2 N–H and O–H groups in total. The highest BCUT2D eigenvalue weighted by Crippen LogP contribution is 2.52. The summed E-state index contributed by atoms with van der Waals surface area (Å²) in [5, 5.41) is 17.8. The predicted molar refractivity (Wildman–Crippen MR) is 48.6 cm³/mol. The topological polar surface area (TPSA) is 40.5 Å². The van der Waals surface area contributed by atoms with Crippen molar-refractivity contribution >= 4 is 0 Å². The molecule has 2 unspecified atom stereocenters. The lowest BCUT2D eigenvalue weighted by atomic mass is 10.0. The van der Waals surface area contributed by atoms with Crippen LogP contribution in [-0.2, 0) is 0 Å². The maximum atomic E-state index is 9.00. The molecule has 0 aromatic rings. The summed E-state index contributed by atoms with van der Waals surface area (Å²) in [4.78, 5) is 0. The molecule has 1 fully saturated rings. The third-order valence-corrected chi connectivity index (χ3v) is 3.05. The van der Waals surface area contributed by atoms with Crippen LogP contribution in [0.1, 0.15) is 13.3 Å². The van der Waals surface area contributed by atoms with Crippen molar-refractivity contribution in [2.75, 3.05) is 13.2 Å². The second kappa shape index (κ2) is 4.06. The van der Waals surface area contributed by atoms with Crippen LogP contribution in [-0.4, -0.2) is 23.4 Å². The molecule has 4 atom stereocenters. The summed E-state index contributed by atoms with van der Waals surface area (Å²) in [6.45, 7) is 6.36. The van der Waals surface area contributed by atoms with Crippen molar-refractivity contribution in [2.24, 2.45) is 23.7 Å². The van der Waals surface area contributed by atoms with Crippen LogP contribution in [0.4, 0.5) is 0 Å². The van der Waals surface area contributed by atoms with Gasteiger partial charge in [0.1, 0.15) is 0 Å². The van der Waals surface area contributed by atoms with E-state index in [9.17, 15) is 0 Å². The minimum atomic E-state index is 0.238. The minimum Gasteiger partial charge on any atom is -0.396 e. The standard InChI is InChI=1S/C10H18O2/c1-3-7(2)10-8(4-5-11)9(10)6-12/h3,7-12H,1,4-6H2,2H3/t7?,8?,9-,10+/m0/s1. The average Bonchev–Trinajstić information content (AvgIpc) is 2.78. The molecule has 0 aromatic heterocycles. The van der Waals surface area contributed by atoms with Gasteiger partial charge in [0.25, 0.3) is 0 Å². The van der Waals surface area contributed by atoms with Gasteiger partial charge in [-0.25, -0.2) is 0 Å². The second-order valence-corrected chi connectivity index (χ2v) is 3.69. The molecule has 0 amide bonds. The van der Waals surface area contributed by atoms with Crippen LogP contribution < -0.4 is 0 Å². The summed E-state index contributed by atoms with van der Waals surface area (Å²) in [6, 6.07) is 0. The molecule has 70 valence electrons. The highest BCUT2D eigenvalue weighted by Gasteiger charge is 2.50. The van der Waals surface area contributed by atoms with Gasteiger partial charge in [0.2, 0.25) is 0 Å². The first-order valence-electron chi connectivity index (χ1n) is 4.60. The van der Waals surface area contributed by atoms with Crippen molar-refractivity contribution in [2.45, 2.75) is 13.3 Å². The van der Waals surface area contributed by atoms with Crippen molar-refractivity contribution in [3.05, 3.63) is 12.7 Å². The third kappa shape index (κ3) is 1.70. The Morgan fingerprint density at radius 2 is 2.08 bits per heavy atom. The molecule has 0 bridgehead atoms. The first kappa shape index (κ1) is 9.75. The van der Waals surface area contributed by atoms with Gasteiger partial charge in [0.15, 0.2) is 0 Å². The van der Waals surface area contributed by atoms with Gasteiger partial charge < -0.3 is 10.2 Å². The molecule has 2 nitrogen and oxygen atoms in total. The Kier molecular flexibility index (Phi) is 3.29. The van der Waals surface area contributed by atoms with Gasteiger partial charge in [0, 0.05) is 13.2 Å². The van der Waals surface area contributed by atoms with Gasteiger partial charge in [-0.2, -0.15) is 0 Å². The summed E-state index contributed by atoms with van der Waals surface area (Å²) in [6.07, 6.45) is 2.76. The van der Waals surface area contributed by atoms with Gasteiger partial charge in [-0.05, 0) is 30.1 Å². The van der Waals surface area contributed by atoms with Crippen molar-refractivity contribution < 1.29 is 10.2 Å². The Hall–Kier alpha value is -0.340. The fourth-order valence-corrected chi connectivity index (χ4v) is 2.22. The SMILES string of the molecule is C=CC(C)[C@@H]1C(CCO)[C@@H]1CO. The Morgan fingerprint density at radius 3 is 2.50 bits per heavy atom. The molecule has 1 saturated carbocycles. The highest BCUT2D eigenvalue weighted by molar-refractivity contribution is 5.02. The molecule has 1 rings (SSSR count). The molecular weight excluding hydrogens is 152 g/mol. The van der Waals surface area contributed by atoms with E-state index >= 15 is 0 Å². The van der Waals surface area contributed by atoms with Crippen molar-refractivity contribution in [3.63, 3.8) is 0 Å². The van der Waals surface area contributed by atoms with Crippen LogP contribution in [0, 0.1) is 23.7 Å². The maximum absolute atomic E-state index is 9.00. The van der Waals surface area contributed by atoms with Crippen LogP contribution in [0.5, 0.6) is 0 Å². The Bertz CT molecular complexity index is 156. The van der Waals surface area contributed by atoms with Gasteiger partial charge in [0.05, 0.1) is 0 Å². The zero-order valence-corrected chi connectivity index (χ0v) is 7.61. The first-order valence-corrected chi connectivity index (χ1v) is 4.60. The van der Waals surface area contributed by atoms with Gasteiger partial charge in [-0.1, -0.05) is 13.0 Å². The smallest absolute Gasteiger partial charge is 0.0465 e. The molecule has 0 saturated heterocycles. The summed E-state index contributed by atoms with van der Waals surface area (Å²) < 4.78 is 0. The van der Waals surface area contributed by atoms with Crippen molar-refractivity contribution in [1.82, 2.24) is 0 Å². The predicted octanol–water partition coefficient (Wildman–Crippen LogP) is 1.05. The fraction of sp³-hybridized carbons (Fsp3) is 0.800. The van der Waals surface area contributed by atoms with Crippen LogP contribution in [0.2, 0.25) is 0 Å². The highest BCUT2D eigenvalue weighted by atomic mass is 16.3. The minimum absolute atomic E-state index is 0.238. The number of rotatable bonds is 5. The lowest BCUT2D eigenvalue weighted by molar-refractivity contribution is 0.247. The zero-order chi connectivity index (χ0) is 9.14. The Balaban J connectivity index is 2.40. The number of aliphatic hydroxyl groups excluding tert-OH is 2. The third-order valence-electron chi connectivity index (χ3n) is 3.05. The van der Waals surface area contributed by atoms with E-state index < -0.39 is 0 Å². The lowest BCUT2D eigenvalue weighted by Crippen LogP contribution is -1.97. The fourth-order valence-electron chi connectivity index (χ4n) is 2.22. The van der Waals surface area contributed by atoms with E-state index in [1.165, 1.54) is 0 Å². The quantitative estimate of drug-likeness (QED) is 0.605. The van der Waals surface area contributed by atoms with Crippen LogP contribution in [0.3, 0.4) is 0 Å². The Labute approximate surface area is 73.9 Å². The number of allylic oxidation sites excluding steroid dienone is 1. The molecule has 0 spiro atoms. The summed E-state index contributed by atoms with van der Waals surface area (Å²) >= 11 is 0. The molecule has 0 heterocycles. The summed E-state index contributed by atoms with van der Waals surface area (Å²) in [5.74, 6) is 1.96. The zero-order valence-electron chi connectivity index (χ0n) is 7.61. The monoisotopic (exact) mass is 170 g/mol. The molecule has 12 heavy (non-hydrogen) atoms. The van der Waals surface area contributed by atoms with Crippen LogP contribution in [0.25, 0.3) is 0 Å². The Morgan fingerprint density at radius 1 is 1.42 bits per heavy atom. The molecule has 0 radical (unpaired) electrons.